The number of aromatic nitrogens is 2. The summed E-state index contributed by atoms with van der Waals surface area (Å²) in [5, 5.41) is 6.79. The van der Waals surface area contributed by atoms with Crippen LogP contribution in [0.25, 0.3) is 0 Å². The first-order valence-electron chi connectivity index (χ1n) is 3.19. The first-order chi connectivity index (χ1) is 5.79. The first kappa shape index (κ1) is 7.30. The maximum atomic E-state index is 11.0. The van der Waals surface area contributed by atoms with Gasteiger partial charge in [-0.15, -0.1) is 5.11 Å². The largest absolute Gasteiger partial charge is 0.315 e. The van der Waals surface area contributed by atoms with Crippen LogP contribution in [0.2, 0.25) is 0 Å². The van der Waals surface area contributed by atoms with Crippen LogP contribution in [0.1, 0.15) is 21.7 Å². The van der Waals surface area contributed by atoms with Crippen LogP contribution in [0, 0.1) is 0 Å². The summed E-state index contributed by atoms with van der Waals surface area (Å²) < 4.78 is 0. The normalized spacial score (nSPS) is 20.8. The van der Waals surface area contributed by atoms with E-state index in [0.29, 0.717) is 5.69 Å². The number of carbonyl (C=O) groups is 1. The van der Waals surface area contributed by atoms with Gasteiger partial charge in [-0.25, -0.2) is 4.98 Å². The zero-order valence-corrected chi connectivity index (χ0v) is 6.56. The van der Waals surface area contributed by atoms with Crippen LogP contribution in [-0.4, -0.2) is 15.9 Å². The molecule has 1 unspecified atom stereocenters. The Balaban J connectivity index is 2.61. The highest BCUT2D eigenvalue weighted by Gasteiger charge is 2.24. The van der Waals surface area contributed by atoms with E-state index in [9.17, 15) is 4.79 Å². The van der Waals surface area contributed by atoms with Crippen molar-refractivity contribution in [3.05, 3.63) is 23.8 Å². The molecule has 60 valence electrons. The molecule has 0 bridgehead atoms. The summed E-state index contributed by atoms with van der Waals surface area (Å²) in [6, 6.07) is 0. The van der Waals surface area contributed by atoms with Gasteiger partial charge >= 0.3 is 5.91 Å². The van der Waals surface area contributed by atoms with Gasteiger partial charge in [0.05, 0.1) is 0 Å². The molecule has 2 rings (SSSR count). The summed E-state index contributed by atoms with van der Waals surface area (Å²) in [7, 11) is 0. The number of hydrogen-bond donors (Lipinski definition) is 0. The van der Waals surface area contributed by atoms with Crippen LogP contribution < -0.4 is 0 Å². The summed E-state index contributed by atoms with van der Waals surface area (Å²) in [6.07, 6.45) is 2.88. The Kier molecular flexibility index (Phi) is 1.58. The van der Waals surface area contributed by atoms with E-state index in [2.05, 4.69) is 20.2 Å². The number of amides is 1. The van der Waals surface area contributed by atoms with Gasteiger partial charge in [0.2, 0.25) is 0 Å². The number of rotatable bonds is 0. The summed E-state index contributed by atoms with van der Waals surface area (Å²) in [5.74, 6) is -0.491. The van der Waals surface area contributed by atoms with Gasteiger partial charge in [0.1, 0.15) is 5.69 Å². The van der Waals surface area contributed by atoms with Crippen molar-refractivity contribution in [1.29, 1.82) is 0 Å². The fourth-order valence-electron chi connectivity index (χ4n) is 0.893. The standard InChI is InChI=1S/C6H3ClN4O/c7-5-3-4(6(12)11-10-5)9-2-1-8-3/h1-2,5H. The molecule has 6 heteroatoms. The van der Waals surface area contributed by atoms with Crippen LogP contribution in [0.5, 0.6) is 0 Å². The predicted octanol–water partition coefficient (Wildman–Crippen LogP) is 1.32. The average Bonchev–Trinajstić information content (AvgIpc) is 2.12. The number of alkyl halides is 1. The SMILES string of the molecule is O=C1N=NC(Cl)c2nccnc21. The van der Waals surface area contributed by atoms with E-state index in [-0.39, 0.29) is 5.69 Å². The summed E-state index contributed by atoms with van der Waals surface area (Å²) in [6.45, 7) is 0. The number of azo groups is 1. The number of fused-ring (bicyclic) bond motifs is 1. The second-order valence-electron chi connectivity index (χ2n) is 2.15. The molecule has 1 amide bonds. The van der Waals surface area contributed by atoms with E-state index in [4.69, 9.17) is 11.6 Å². The highest BCUT2D eigenvalue weighted by molar-refractivity contribution is 6.21. The third-order valence-electron chi connectivity index (χ3n) is 1.40. The predicted molar refractivity (Wildman–Crippen MR) is 39.8 cm³/mol. The number of halogens is 1. The van der Waals surface area contributed by atoms with Gasteiger partial charge < -0.3 is 0 Å². The zero-order valence-electron chi connectivity index (χ0n) is 5.81. The van der Waals surface area contributed by atoms with Crippen molar-refractivity contribution >= 4 is 17.5 Å². The van der Waals surface area contributed by atoms with E-state index in [1.165, 1.54) is 12.4 Å². The Morgan fingerprint density at radius 2 is 2.08 bits per heavy atom. The lowest BCUT2D eigenvalue weighted by atomic mass is 10.2. The molecule has 1 atom stereocenters. The van der Waals surface area contributed by atoms with Crippen molar-refractivity contribution in [2.45, 2.75) is 5.50 Å². The molecule has 0 N–H and O–H groups in total. The third kappa shape index (κ3) is 0.984. The van der Waals surface area contributed by atoms with E-state index < -0.39 is 11.4 Å². The van der Waals surface area contributed by atoms with Gasteiger partial charge in [-0.1, -0.05) is 11.6 Å². The van der Waals surface area contributed by atoms with E-state index >= 15 is 0 Å². The van der Waals surface area contributed by atoms with Crippen molar-refractivity contribution < 1.29 is 4.79 Å². The van der Waals surface area contributed by atoms with Gasteiger partial charge in [-0.3, -0.25) is 9.78 Å². The number of nitrogens with zero attached hydrogens (tertiary/aromatic N) is 4. The smallest absolute Gasteiger partial charge is 0.263 e. The minimum atomic E-state index is -0.689. The molecular formula is C6H3ClN4O. The molecule has 2 heterocycles. The fourth-order valence-corrected chi connectivity index (χ4v) is 1.10. The van der Waals surface area contributed by atoms with Crippen molar-refractivity contribution in [2.75, 3.05) is 0 Å². The lowest BCUT2D eigenvalue weighted by molar-refractivity contribution is 0.0981. The van der Waals surface area contributed by atoms with E-state index in [0.717, 1.165) is 0 Å². The van der Waals surface area contributed by atoms with Gasteiger partial charge in [0.25, 0.3) is 0 Å². The Morgan fingerprint density at radius 1 is 1.33 bits per heavy atom. The highest BCUT2D eigenvalue weighted by atomic mass is 35.5. The molecular weight excluding hydrogens is 180 g/mol. The maximum Gasteiger partial charge on any atom is 0.315 e. The van der Waals surface area contributed by atoms with Gasteiger partial charge in [0, 0.05) is 12.4 Å². The van der Waals surface area contributed by atoms with Crippen molar-refractivity contribution in [1.82, 2.24) is 9.97 Å². The van der Waals surface area contributed by atoms with Crippen molar-refractivity contribution in [3.63, 3.8) is 0 Å². The van der Waals surface area contributed by atoms with Crippen LogP contribution in [0.3, 0.4) is 0 Å². The van der Waals surface area contributed by atoms with Gasteiger partial charge in [-0.2, -0.15) is 5.11 Å². The van der Waals surface area contributed by atoms with Crippen LogP contribution in [0.4, 0.5) is 0 Å². The lowest BCUT2D eigenvalue weighted by Crippen LogP contribution is -2.10. The van der Waals surface area contributed by atoms with Crippen LogP contribution in [-0.2, 0) is 0 Å². The number of hydrogen-bond acceptors (Lipinski definition) is 4. The molecule has 0 radical (unpaired) electrons. The highest BCUT2D eigenvalue weighted by Crippen LogP contribution is 2.26. The lowest BCUT2D eigenvalue weighted by Gasteiger charge is -2.08. The maximum absolute atomic E-state index is 11.0. The summed E-state index contributed by atoms with van der Waals surface area (Å²) in [4.78, 5) is 18.7. The second kappa shape index (κ2) is 2.60. The Bertz CT molecular complexity index is 364. The average molecular weight is 183 g/mol. The Labute approximate surface area is 72.5 Å². The topological polar surface area (TPSA) is 67.6 Å². The molecule has 1 aliphatic heterocycles. The molecule has 0 saturated heterocycles. The molecule has 0 saturated carbocycles. The molecule has 5 nitrogen and oxygen atoms in total. The minimum Gasteiger partial charge on any atom is -0.263 e. The van der Waals surface area contributed by atoms with Crippen LogP contribution in [0.15, 0.2) is 22.6 Å². The molecule has 1 aromatic rings. The molecule has 0 aliphatic carbocycles. The summed E-state index contributed by atoms with van der Waals surface area (Å²) in [5.41, 5.74) is -0.127. The first-order valence-corrected chi connectivity index (χ1v) is 3.63. The molecule has 1 aromatic heterocycles. The summed E-state index contributed by atoms with van der Waals surface area (Å²) >= 11 is 5.70. The van der Waals surface area contributed by atoms with E-state index in [1.807, 2.05) is 0 Å². The second-order valence-corrected chi connectivity index (χ2v) is 2.56. The Hall–Kier alpha value is -1.36. The molecule has 1 aliphatic rings. The van der Waals surface area contributed by atoms with E-state index in [1.54, 1.807) is 0 Å². The van der Waals surface area contributed by atoms with Crippen LogP contribution >= 0.6 is 11.6 Å². The minimum absolute atomic E-state index is 0.188. The monoisotopic (exact) mass is 182 g/mol. The Morgan fingerprint density at radius 3 is 2.83 bits per heavy atom. The molecule has 12 heavy (non-hydrogen) atoms. The van der Waals surface area contributed by atoms with Gasteiger partial charge in [-0.05, 0) is 0 Å². The van der Waals surface area contributed by atoms with Gasteiger partial charge in [0.15, 0.2) is 11.2 Å². The van der Waals surface area contributed by atoms with Crippen molar-refractivity contribution in [3.8, 4) is 0 Å². The molecule has 0 spiro atoms. The molecule has 0 fully saturated rings. The third-order valence-corrected chi connectivity index (χ3v) is 1.70. The number of carbonyl (C=O) groups excluding carboxylic acids is 1. The fraction of sp³-hybridized carbons (Fsp3) is 0.167. The zero-order chi connectivity index (χ0) is 8.55. The quantitative estimate of drug-likeness (QED) is 0.449. The van der Waals surface area contributed by atoms with Crippen molar-refractivity contribution in [2.24, 2.45) is 10.2 Å². The molecule has 0 aromatic carbocycles.